The van der Waals surface area contributed by atoms with Gasteiger partial charge in [0.2, 0.25) is 0 Å². The zero-order valence-electron chi connectivity index (χ0n) is 17.7. The minimum absolute atomic E-state index is 0.0410. The Bertz CT molecular complexity index is 781. The van der Waals surface area contributed by atoms with Gasteiger partial charge in [-0.15, -0.1) is 0 Å². The number of hydrogen-bond acceptors (Lipinski definition) is 4. The van der Waals surface area contributed by atoms with Gasteiger partial charge in [-0.25, -0.2) is 0 Å². The second-order valence-electron chi connectivity index (χ2n) is 7.92. The smallest absolute Gasteiger partial charge is 0.251 e. The van der Waals surface area contributed by atoms with Crippen molar-refractivity contribution in [1.29, 1.82) is 0 Å². The van der Waals surface area contributed by atoms with Gasteiger partial charge < -0.3 is 14.8 Å². The summed E-state index contributed by atoms with van der Waals surface area (Å²) in [7, 11) is 0. The highest BCUT2D eigenvalue weighted by atomic mass is 16.5. The van der Waals surface area contributed by atoms with Crippen LogP contribution < -0.4 is 10.1 Å². The molecule has 2 aromatic rings. The number of carbonyl (C=O) groups excluding carboxylic acids is 1. The van der Waals surface area contributed by atoms with Crippen LogP contribution in [0.2, 0.25) is 0 Å². The molecule has 1 heterocycles. The van der Waals surface area contributed by atoms with E-state index in [2.05, 4.69) is 24.1 Å². The minimum atomic E-state index is -0.0410. The molecule has 0 bridgehead atoms. The van der Waals surface area contributed by atoms with E-state index in [4.69, 9.17) is 9.47 Å². The average Bonchev–Trinajstić information content (AvgIpc) is 2.67. The number of nitrogens with one attached hydrogen (secondary N) is 1. The number of ether oxygens (including phenoxy) is 2. The van der Waals surface area contributed by atoms with Gasteiger partial charge in [0, 0.05) is 31.7 Å². The van der Waals surface area contributed by atoms with Crippen LogP contribution in [0.3, 0.4) is 0 Å². The van der Waals surface area contributed by atoms with E-state index in [1.165, 1.54) is 11.1 Å². The van der Waals surface area contributed by atoms with Crippen LogP contribution in [0.5, 0.6) is 5.75 Å². The molecule has 0 aromatic heterocycles. The van der Waals surface area contributed by atoms with E-state index in [-0.39, 0.29) is 18.1 Å². The normalized spacial score (nSPS) is 19.7. The van der Waals surface area contributed by atoms with Crippen LogP contribution in [0.25, 0.3) is 0 Å². The molecule has 1 N–H and O–H groups in total. The number of carbonyl (C=O) groups is 1. The van der Waals surface area contributed by atoms with E-state index in [0.29, 0.717) is 18.7 Å². The lowest BCUT2D eigenvalue weighted by Crippen LogP contribution is -2.44. The van der Waals surface area contributed by atoms with Crippen molar-refractivity contribution in [3.8, 4) is 5.75 Å². The quantitative estimate of drug-likeness (QED) is 0.690. The van der Waals surface area contributed by atoms with Crippen LogP contribution in [0.1, 0.15) is 41.8 Å². The van der Waals surface area contributed by atoms with E-state index < -0.39 is 0 Å². The molecule has 0 radical (unpaired) electrons. The second kappa shape index (κ2) is 10.4. The molecule has 1 saturated heterocycles. The lowest BCUT2D eigenvalue weighted by molar-refractivity contribution is -0.0704. The average molecular weight is 397 g/mol. The van der Waals surface area contributed by atoms with Crippen molar-refractivity contribution in [2.45, 2.75) is 45.9 Å². The second-order valence-corrected chi connectivity index (χ2v) is 7.92. The monoisotopic (exact) mass is 396 g/mol. The molecular weight excluding hydrogens is 364 g/mol. The van der Waals surface area contributed by atoms with Crippen LogP contribution in [0.4, 0.5) is 0 Å². The molecule has 2 unspecified atom stereocenters. The van der Waals surface area contributed by atoms with Gasteiger partial charge >= 0.3 is 0 Å². The number of aryl methyl sites for hydroxylation is 1. The summed E-state index contributed by atoms with van der Waals surface area (Å²) in [6.45, 7) is 10.2. The van der Waals surface area contributed by atoms with Gasteiger partial charge in [0.15, 0.2) is 0 Å². The van der Waals surface area contributed by atoms with Gasteiger partial charge in [-0.05, 0) is 62.6 Å². The number of hydrogen-bond donors (Lipinski definition) is 1. The maximum Gasteiger partial charge on any atom is 0.251 e. The van der Waals surface area contributed by atoms with Crippen LogP contribution in [0, 0.1) is 6.92 Å². The van der Waals surface area contributed by atoms with Crippen LogP contribution in [-0.4, -0.2) is 49.3 Å². The first-order valence-corrected chi connectivity index (χ1v) is 10.4. The number of benzene rings is 2. The van der Waals surface area contributed by atoms with Gasteiger partial charge in [-0.2, -0.15) is 0 Å². The first-order valence-electron chi connectivity index (χ1n) is 10.4. The molecule has 29 heavy (non-hydrogen) atoms. The lowest BCUT2D eigenvalue weighted by atomic mass is 10.1. The Kier molecular flexibility index (Phi) is 7.67. The SMILES string of the molecule is Cc1cccc(OCCCNC(=O)c2ccc(CN3CC(C)OC(C)C3)cc2)c1. The molecular formula is C24H32N2O3. The molecule has 1 amide bonds. The third-order valence-electron chi connectivity index (χ3n) is 4.98. The van der Waals surface area contributed by atoms with Crippen molar-refractivity contribution < 1.29 is 14.3 Å². The molecule has 3 rings (SSSR count). The Balaban J connectivity index is 1.38. The largest absolute Gasteiger partial charge is 0.494 e. The van der Waals surface area contributed by atoms with E-state index >= 15 is 0 Å². The third-order valence-corrected chi connectivity index (χ3v) is 4.98. The summed E-state index contributed by atoms with van der Waals surface area (Å²) in [6.07, 6.45) is 1.29. The summed E-state index contributed by atoms with van der Waals surface area (Å²) in [4.78, 5) is 14.7. The molecule has 0 spiro atoms. The standard InChI is InChI=1S/C24H32N2O3/c1-18-6-4-7-23(14-18)28-13-5-12-25-24(27)22-10-8-21(9-11-22)17-26-15-19(2)29-20(3)16-26/h4,6-11,14,19-20H,5,12-13,15-17H2,1-3H3,(H,25,27). The maximum atomic E-state index is 12.3. The van der Waals surface area contributed by atoms with Gasteiger partial charge in [-0.3, -0.25) is 9.69 Å². The Morgan fingerprint density at radius 1 is 1.14 bits per heavy atom. The van der Waals surface area contributed by atoms with Crippen LogP contribution in [-0.2, 0) is 11.3 Å². The fourth-order valence-electron chi connectivity index (χ4n) is 3.70. The number of morpholine rings is 1. The van der Waals surface area contributed by atoms with Crippen molar-refractivity contribution >= 4 is 5.91 Å². The minimum Gasteiger partial charge on any atom is -0.494 e. The predicted molar refractivity (Wildman–Crippen MR) is 115 cm³/mol. The molecule has 156 valence electrons. The summed E-state index contributed by atoms with van der Waals surface area (Å²) in [6, 6.07) is 15.9. The molecule has 1 aliphatic heterocycles. The fraction of sp³-hybridized carbons (Fsp3) is 0.458. The maximum absolute atomic E-state index is 12.3. The number of nitrogens with zero attached hydrogens (tertiary/aromatic N) is 1. The highest BCUT2D eigenvalue weighted by molar-refractivity contribution is 5.94. The third kappa shape index (κ3) is 6.87. The summed E-state index contributed by atoms with van der Waals surface area (Å²) in [5.74, 6) is 0.830. The van der Waals surface area contributed by atoms with Gasteiger partial charge in [-0.1, -0.05) is 24.3 Å². The van der Waals surface area contributed by atoms with E-state index in [9.17, 15) is 4.79 Å². The van der Waals surface area contributed by atoms with Crippen LogP contribution >= 0.6 is 0 Å². The lowest BCUT2D eigenvalue weighted by Gasteiger charge is -2.35. The number of rotatable bonds is 8. The molecule has 5 nitrogen and oxygen atoms in total. The highest BCUT2D eigenvalue weighted by Crippen LogP contribution is 2.15. The molecule has 5 heteroatoms. The first kappa shape index (κ1) is 21.3. The molecule has 1 fully saturated rings. The Morgan fingerprint density at radius 3 is 2.55 bits per heavy atom. The summed E-state index contributed by atoms with van der Waals surface area (Å²) >= 11 is 0. The highest BCUT2D eigenvalue weighted by Gasteiger charge is 2.22. The summed E-state index contributed by atoms with van der Waals surface area (Å²) < 4.78 is 11.5. The van der Waals surface area contributed by atoms with Crippen molar-refractivity contribution in [1.82, 2.24) is 10.2 Å². The van der Waals surface area contributed by atoms with Crippen molar-refractivity contribution in [3.63, 3.8) is 0 Å². The zero-order chi connectivity index (χ0) is 20.6. The Morgan fingerprint density at radius 2 is 1.86 bits per heavy atom. The van der Waals surface area contributed by atoms with E-state index in [0.717, 1.165) is 31.8 Å². The fourth-order valence-corrected chi connectivity index (χ4v) is 3.70. The summed E-state index contributed by atoms with van der Waals surface area (Å²) in [5.41, 5.74) is 3.09. The molecule has 2 aromatic carbocycles. The topological polar surface area (TPSA) is 50.8 Å². The Labute approximate surface area is 174 Å². The van der Waals surface area contributed by atoms with Crippen LogP contribution in [0.15, 0.2) is 48.5 Å². The number of amides is 1. The first-order chi connectivity index (χ1) is 14.0. The van der Waals surface area contributed by atoms with Crippen molar-refractivity contribution in [3.05, 3.63) is 65.2 Å². The van der Waals surface area contributed by atoms with E-state index in [1.54, 1.807) is 0 Å². The molecule has 0 saturated carbocycles. The van der Waals surface area contributed by atoms with E-state index in [1.807, 2.05) is 55.5 Å². The van der Waals surface area contributed by atoms with Gasteiger partial charge in [0.25, 0.3) is 5.91 Å². The summed E-state index contributed by atoms with van der Waals surface area (Å²) in [5, 5.41) is 2.96. The van der Waals surface area contributed by atoms with Crippen molar-refractivity contribution in [2.75, 3.05) is 26.2 Å². The van der Waals surface area contributed by atoms with Crippen molar-refractivity contribution in [2.24, 2.45) is 0 Å². The van der Waals surface area contributed by atoms with Gasteiger partial charge in [0.05, 0.1) is 18.8 Å². The molecule has 2 atom stereocenters. The zero-order valence-corrected chi connectivity index (χ0v) is 17.7. The predicted octanol–water partition coefficient (Wildman–Crippen LogP) is 3.80. The molecule has 0 aliphatic carbocycles. The van der Waals surface area contributed by atoms with Gasteiger partial charge in [0.1, 0.15) is 5.75 Å². The molecule has 1 aliphatic rings. The Hall–Kier alpha value is -2.37.